The Balaban J connectivity index is 1.67. The van der Waals surface area contributed by atoms with Gasteiger partial charge >= 0.3 is 0 Å². The predicted octanol–water partition coefficient (Wildman–Crippen LogP) is 3.07. The van der Waals surface area contributed by atoms with Crippen LogP contribution in [0.25, 0.3) is 0 Å². The normalized spacial score (nSPS) is 15.1. The van der Waals surface area contributed by atoms with Crippen LogP contribution in [0, 0.1) is 0 Å². The molecule has 1 aromatic carbocycles. The fourth-order valence-corrected chi connectivity index (χ4v) is 2.73. The number of nitrogens with zero attached hydrogens (tertiary/aromatic N) is 3. The zero-order valence-electron chi connectivity index (χ0n) is 12.0. The molecule has 3 rings (SSSR count). The first-order valence-electron chi connectivity index (χ1n) is 7.03. The molecule has 1 aromatic heterocycles. The SMILES string of the molecule is COc1cccc(N2CCN(c3cccc(Cl)n3)CC2)c1. The van der Waals surface area contributed by atoms with Gasteiger partial charge in [0, 0.05) is 37.9 Å². The summed E-state index contributed by atoms with van der Waals surface area (Å²) in [5, 5.41) is 0.544. The summed E-state index contributed by atoms with van der Waals surface area (Å²) in [7, 11) is 1.70. The van der Waals surface area contributed by atoms with Crippen LogP contribution in [0.15, 0.2) is 42.5 Å². The van der Waals surface area contributed by atoms with E-state index in [1.165, 1.54) is 5.69 Å². The molecule has 1 aliphatic heterocycles. The van der Waals surface area contributed by atoms with E-state index in [4.69, 9.17) is 16.3 Å². The molecule has 0 saturated carbocycles. The summed E-state index contributed by atoms with van der Waals surface area (Å²) >= 11 is 5.96. The van der Waals surface area contributed by atoms with Crippen molar-refractivity contribution in [1.82, 2.24) is 4.98 Å². The first-order valence-corrected chi connectivity index (χ1v) is 7.40. The Morgan fingerprint density at radius 1 is 1.00 bits per heavy atom. The van der Waals surface area contributed by atoms with Crippen molar-refractivity contribution in [2.45, 2.75) is 0 Å². The minimum absolute atomic E-state index is 0.544. The van der Waals surface area contributed by atoms with E-state index in [1.807, 2.05) is 24.3 Å². The van der Waals surface area contributed by atoms with Crippen molar-refractivity contribution in [3.05, 3.63) is 47.6 Å². The number of halogens is 1. The summed E-state index contributed by atoms with van der Waals surface area (Å²) in [6, 6.07) is 13.9. The molecule has 2 heterocycles. The molecule has 4 nitrogen and oxygen atoms in total. The van der Waals surface area contributed by atoms with E-state index < -0.39 is 0 Å². The highest BCUT2D eigenvalue weighted by Crippen LogP contribution is 2.23. The van der Waals surface area contributed by atoms with Gasteiger partial charge in [-0.3, -0.25) is 0 Å². The van der Waals surface area contributed by atoms with E-state index >= 15 is 0 Å². The Kier molecular flexibility index (Phi) is 4.15. The number of piperazine rings is 1. The topological polar surface area (TPSA) is 28.6 Å². The summed E-state index contributed by atoms with van der Waals surface area (Å²) in [6.07, 6.45) is 0. The molecule has 21 heavy (non-hydrogen) atoms. The van der Waals surface area contributed by atoms with Crippen LogP contribution < -0.4 is 14.5 Å². The van der Waals surface area contributed by atoms with Gasteiger partial charge in [0.25, 0.3) is 0 Å². The Morgan fingerprint density at radius 3 is 2.43 bits per heavy atom. The van der Waals surface area contributed by atoms with Crippen LogP contribution in [0.1, 0.15) is 0 Å². The lowest BCUT2D eigenvalue weighted by molar-refractivity contribution is 0.414. The second-order valence-electron chi connectivity index (χ2n) is 4.99. The van der Waals surface area contributed by atoms with Crippen molar-refractivity contribution >= 4 is 23.1 Å². The smallest absolute Gasteiger partial charge is 0.131 e. The minimum atomic E-state index is 0.544. The average molecular weight is 304 g/mol. The Morgan fingerprint density at radius 2 is 1.71 bits per heavy atom. The molecule has 1 fully saturated rings. The van der Waals surface area contributed by atoms with Crippen molar-refractivity contribution in [3.8, 4) is 5.75 Å². The molecule has 0 spiro atoms. The molecular weight excluding hydrogens is 286 g/mol. The predicted molar refractivity (Wildman–Crippen MR) is 86.7 cm³/mol. The number of hydrogen-bond donors (Lipinski definition) is 0. The maximum atomic E-state index is 5.96. The Hall–Kier alpha value is -1.94. The zero-order valence-corrected chi connectivity index (χ0v) is 12.8. The molecule has 110 valence electrons. The van der Waals surface area contributed by atoms with Crippen LogP contribution in [0.3, 0.4) is 0 Å². The maximum Gasteiger partial charge on any atom is 0.131 e. The number of ether oxygens (including phenoxy) is 1. The number of anilines is 2. The fraction of sp³-hybridized carbons (Fsp3) is 0.312. The van der Waals surface area contributed by atoms with E-state index in [1.54, 1.807) is 13.2 Å². The first-order chi connectivity index (χ1) is 10.3. The van der Waals surface area contributed by atoms with Gasteiger partial charge in [0.2, 0.25) is 0 Å². The van der Waals surface area contributed by atoms with Crippen molar-refractivity contribution in [2.75, 3.05) is 43.1 Å². The number of benzene rings is 1. The third-order valence-corrected chi connectivity index (χ3v) is 3.93. The van der Waals surface area contributed by atoms with Crippen LogP contribution in [0.5, 0.6) is 5.75 Å². The summed E-state index contributed by atoms with van der Waals surface area (Å²) in [5.41, 5.74) is 1.20. The monoisotopic (exact) mass is 303 g/mol. The van der Waals surface area contributed by atoms with Gasteiger partial charge < -0.3 is 14.5 Å². The number of hydrogen-bond acceptors (Lipinski definition) is 4. The number of rotatable bonds is 3. The molecule has 1 saturated heterocycles. The lowest BCUT2D eigenvalue weighted by Gasteiger charge is -2.36. The van der Waals surface area contributed by atoms with Crippen LogP contribution in [0.4, 0.5) is 11.5 Å². The molecule has 0 N–H and O–H groups in total. The van der Waals surface area contributed by atoms with Crippen molar-refractivity contribution in [3.63, 3.8) is 0 Å². The number of methoxy groups -OCH3 is 1. The second-order valence-corrected chi connectivity index (χ2v) is 5.38. The molecular formula is C16H18ClN3O. The third-order valence-electron chi connectivity index (χ3n) is 3.72. The summed E-state index contributed by atoms with van der Waals surface area (Å²) < 4.78 is 5.29. The van der Waals surface area contributed by atoms with Crippen LogP contribution in [0.2, 0.25) is 5.15 Å². The second kappa shape index (κ2) is 6.22. The van der Waals surface area contributed by atoms with Gasteiger partial charge in [-0.05, 0) is 24.3 Å². The van der Waals surface area contributed by atoms with E-state index in [2.05, 4.69) is 26.9 Å². The lowest BCUT2D eigenvalue weighted by Crippen LogP contribution is -2.46. The summed E-state index contributed by atoms with van der Waals surface area (Å²) in [5.74, 6) is 1.85. The highest BCUT2D eigenvalue weighted by Gasteiger charge is 2.18. The van der Waals surface area contributed by atoms with Crippen LogP contribution in [-0.2, 0) is 0 Å². The molecule has 0 aliphatic carbocycles. The molecule has 2 aromatic rings. The summed E-state index contributed by atoms with van der Waals surface area (Å²) in [6.45, 7) is 3.79. The maximum absolute atomic E-state index is 5.96. The highest BCUT2D eigenvalue weighted by molar-refractivity contribution is 6.29. The Bertz CT molecular complexity index is 612. The molecule has 0 atom stereocenters. The molecule has 0 radical (unpaired) electrons. The highest BCUT2D eigenvalue weighted by atomic mass is 35.5. The van der Waals surface area contributed by atoms with E-state index in [-0.39, 0.29) is 0 Å². The molecule has 0 amide bonds. The third kappa shape index (κ3) is 3.22. The van der Waals surface area contributed by atoms with Gasteiger partial charge in [-0.15, -0.1) is 0 Å². The standard InChI is InChI=1S/C16H18ClN3O/c1-21-14-5-2-4-13(12-14)19-8-10-20(11-9-19)16-7-3-6-15(17)18-16/h2-7,12H,8-11H2,1H3. The van der Waals surface area contributed by atoms with Crippen LogP contribution >= 0.6 is 11.6 Å². The fourth-order valence-electron chi connectivity index (χ4n) is 2.57. The zero-order chi connectivity index (χ0) is 14.7. The largest absolute Gasteiger partial charge is 0.497 e. The van der Waals surface area contributed by atoms with Crippen molar-refractivity contribution in [2.24, 2.45) is 0 Å². The summed E-state index contributed by atoms with van der Waals surface area (Å²) in [4.78, 5) is 9.01. The lowest BCUT2D eigenvalue weighted by atomic mass is 10.2. The van der Waals surface area contributed by atoms with E-state index in [9.17, 15) is 0 Å². The van der Waals surface area contributed by atoms with Gasteiger partial charge in [0.15, 0.2) is 0 Å². The van der Waals surface area contributed by atoms with E-state index in [0.29, 0.717) is 5.15 Å². The quantitative estimate of drug-likeness (QED) is 0.815. The van der Waals surface area contributed by atoms with Gasteiger partial charge in [-0.1, -0.05) is 23.7 Å². The van der Waals surface area contributed by atoms with Gasteiger partial charge in [0.05, 0.1) is 7.11 Å². The van der Waals surface area contributed by atoms with E-state index in [0.717, 1.165) is 37.7 Å². The van der Waals surface area contributed by atoms with Crippen molar-refractivity contribution < 1.29 is 4.74 Å². The molecule has 5 heteroatoms. The van der Waals surface area contributed by atoms with Gasteiger partial charge in [0.1, 0.15) is 16.7 Å². The van der Waals surface area contributed by atoms with Crippen LogP contribution in [-0.4, -0.2) is 38.3 Å². The van der Waals surface area contributed by atoms with Crippen molar-refractivity contribution in [1.29, 1.82) is 0 Å². The Labute approximate surface area is 129 Å². The average Bonchev–Trinajstić information content (AvgIpc) is 2.55. The van der Waals surface area contributed by atoms with Gasteiger partial charge in [-0.25, -0.2) is 4.98 Å². The molecule has 0 unspecified atom stereocenters. The number of aromatic nitrogens is 1. The first kappa shape index (κ1) is 14.0. The molecule has 0 bridgehead atoms. The van der Waals surface area contributed by atoms with Gasteiger partial charge in [-0.2, -0.15) is 0 Å². The number of pyridine rings is 1. The molecule has 1 aliphatic rings. The minimum Gasteiger partial charge on any atom is -0.497 e.